The van der Waals surface area contributed by atoms with E-state index >= 15 is 0 Å². The Hall–Kier alpha value is -0.810. The molecule has 2 rings (SSSR count). The first-order valence-electron chi connectivity index (χ1n) is 9.12. The van der Waals surface area contributed by atoms with Gasteiger partial charge in [-0.1, -0.05) is 13.3 Å². The van der Waals surface area contributed by atoms with E-state index in [9.17, 15) is 4.79 Å². The number of aliphatic hydroxyl groups is 1. The van der Waals surface area contributed by atoms with E-state index in [2.05, 4.69) is 22.5 Å². The van der Waals surface area contributed by atoms with Crippen LogP contribution >= 0.6 is 0 Å². The summed E-state index contributed by atoms with van der Waals surface area (Å²) in [6, 6.07) is 0.950. The van der Waals surface area contributed by atoms with Gasteiger partial charge < -0.3 is 15.7 Å². The minimum Gasteiger partial charge on any atom is -0.396 e. The summed E-state index contributed by atoms with van der Waals surface area (Å²) in [5, 5.41) is 15.2. The second kappa shape index (κ2) is 9.36. The number of hydrogen-bond acceptors (Lipinski definition) is 3. The summed E-state index contributed by atoms with van der Waals surface area (Å²) in [5.74, 6) is 0.436. The molecule has 0 aromatic rings. The van der Waals surface area contributed by atoms with Gasteiger partial charge in [0.25, 0.3) is 0 Å². The van der Waals surface area contributed by atoms with Crippen molar-refractivity contribution in [2.24, 2.45) is 5.92 Å². The first-order chi connectivity index (χ1) is 10.7. The topological polar surface area (TPSA) is 64.6 Å². The number of nitrogens with one attached hydrogen (secondary N) is 2. The van der Waals surface area contributed by atoms with Crippen molar-refractivity contribution in [1.82, 2.24) is 15.5 Å². The largest absolute Gasteiger partial charge is 0.396 e. The molecular weight excluding hydrogens is 278 g/mol. The molecule has 128 valence electrons. The standard InChI is InChI=1S/C17H33N3O2/c1-2-16-5-3-4-11-20(16)12-10-18-17(22)19-15-8-6-14(13-21)7-9-15/h14-16,21H,2-13H2,1H3,(H2,18,19,22). The van der Waals surface area contributed by atoms with Gasteiger partial charge in [-0.05, 0) is 57.4 Å². The molecule has 5 heteroatoms. The molecule has 0 spiro atoms. The number of piperidine rings is 1. The molecule has 1 aliphatic heterocycles. The summed E-state index contributed by atoms with van der Waals surface area (Å²) in [6.07, 6.45) is 9.17. The van der Waals surface area contributed by atoms with Crippen molar-refractivity contribution < 1.29 is 9.90 Å². The third-order valence-corrected chi connectivity index (χ3v) is 5.35. The lowest BCUT2D eigenvalue weighted by Gasteiger charge is -2.35. The average Bonchev–Trinajstić information content (AvgIpc) is 2.56. The Bertz CT molecular complexity index is 330. The molecule has 22 heavy (non-hydrogen) atoms. The van der Waals surface area contributed by atoms with E-state index in [0.717, 1.165) is 38.8 Å². The van der Waals surface area contributed by atoms with Crippen LogP contribution < -0.4 is 10.6 Å². The van der Waals surface area contributed by atoms with Crippen molar-refractivity contribution in [3.63, 3.8) is 0 Å². The van der Waals surface area contributed by atoms with Gasteiger partial charge in [0.1, 0.15) is 0 Å². The van der Waals surface area contributed by atoms with Gasteiger partial charge in [0.05, 0.1) is 0 Å². The van der Waals surface area contributed by atoms with Crippen molar-refractivity contribution in [2.75, 3.05) is 26.2 Å². The van der Waals surface area contributed by atoms with Crippen molar-refractivity contribution in [1.29, 1.82) is 0 Å². The van der Waals surface area contributed by atoms with E-state index in [1.54, 1.807) is 0 Å². The predicted molar refractivity (Wildman–Crippen MR) is 88.9 cm³/mol. The fourth-order valence-electron chi connectivity index (χ4n) is 3.86. The quantitative estimate of drug-likeness (QED) is 0.704. The van der Waals surface area contributed by atoms with Crippen LogP contribution in [0.4, 0.5) is 4.79 Å². The zero-order chi connectivity index (χ0) is 15.8. The summed E-state index contributed by atoms with van der Waals surface area (Å²) in [7, 11) is 0. The Morgan fingerprint density at radius 2 is 1.95 bits per heavy atom. The van der Waals surface area contributed by atoms with Crippen molar-refractivity contribution in [3.05, 3.63) is 0 Å². The molecule has 0 aromatic heterocycles. The van der Waals surface area contributed by atoms with Gasteiger partial charge in [0.2, 0.25) is 0 Å². The number of carbonyl (C=O) groups is 1. The maximum absolute atomic E-state index is 12.0. The van der Waals surface area contributed by atoms with Gasteiger partial charge in [-0.25, -0.2) is 4.79 Å². The molecule has 1 saturated heterocycles. The van der Waals surface area contributed by atoms with Crippen LogP contribution in [0.2, 0.25) is 0 Å². The van der Waals surface area contributed by atoms with Gasteiger partial charge in [-0.3, -0.25) is 4.90 Å². The van der Waals surface area contributed by atoms with Gasteiger partial charge in [0.15, 0.2) is 0 Å². The molecule has 0 aromatic carbocycles. The lowest BCUT2D eigenvalue weighted by molar-refractivity contribution is 0.144. The lowest BCUT2D eigenvalue weighted by Crippen LogP contribution is -2.47. The number of nitrogens with zero attached hydrogens (tertiary/aromatic N) is 1. The van der Waals surface area contributed by atoms with Gasteiger partial charge in [-0.15, -0.1) is 0 Å². The molecule has 1 saturated carbocycles. The predicted octanol–water partition coefficient (Wildman–Crippen LogP) is 2.10. The first kappa shape index (κ1) is 17.5. The fourth-order valence-corrected chi connectivity index (χ4v) is 3.86. The van der Waals surface area contributed by atoms with Crippen molar-refractivity contribution in [3.8, 4) is 0 Å². The minimum atomic E-state index is -0.0301. The average molecular weight is 311 g/mol. The van der Waals surface area contributed by atoms with Crippen LogP contribution in [0.25, 0.3) is 0 Å². The first-order valence-corrected chi connectivity index (χ1v) is 9.12. The Morgan fingerprint density at radius 1 is 1.18 bits per heavy atom. The highest BCUT2D eigenvalue weighted by atomic mass is 16.3. The second-order valence-corrected chi connectivity index (χ2v) is 6.89. The number of likely N-dealkylation sites (tertiary alicyclic amines) is 1. The normalized spacial score (nSPS) is 30.0. The zero-order valence-corrected chi connectivity index (χ0v) is 14.0. The number of rotatable bonds is 6. The van der Waals surface area contributed by atoms with Crippen molar-refractivity contribution in [2.45, 2.75) is 70.4 Å². The number of hydrogen-bond donors (Lipinski definition) is 3. The summed E-state index contributed by atoms with van der Waals surface area (Å²) < 4.78 is 0. The summed E-state index contributed by atoms with van der Waals surface area (Å²) in [6.45, 7) is 5.41. The van der Waals surface area contributed by atoms with Crippen LogP contribution in [-0.4, -0.2) is 54.4 Å². The SMILES string of the molecule is CCC1CCCCN1CCNC(=O)NC1CCC(CO)CC1. The molecule has 1 unspecified atom stereocenters. The molecule has 0 bridgehead atoms. The zero-order valence-electron chi connectivity index (χ0n) is 14.0. The summed E-state index contributed by atoms with van der Waals surface area (Å²) >= 11 is 0. The van der Waals surface area contributed by atoms with E-state index in [4.69, 9.17) is 5.11 Å². The fraction of sp³-hybridized carbons (Fsp3) is 0.941. The van der Waals surface area contributed by atoms with E-state index in [0.29, 0.717) is 12.0 Å². The highest BCUT2D eigenvalue weighted by Gasteiger charge is 2.22. The highest BCUT2D eigenvalue weighted by molar-refractivity contribution is 5.74. The Kier molecular flexibility index (Phi) is 7.46. The molecule has 2 fully saturated rings. The Balaban J connectivity index is 1.59. The van der Waals surface area contributed by atoms with Crippen molar-refractivity contribution >= 4 is 6.03 Å². The minimum absolute atomic E-state index is 0.0301. The molecule has 3 N–H and O–H groups in total. The molecule has 2 aliphatic rings. The van der Waals surface area contributed by atoms with E-state index in [1.807, 2.05) is 0 Å². The molecule has 1 atom stereocenters. The monoisotopic (exact) mass is 311 g/mol. The van der Waals surface area contributed by atoms with Crippen LogP contribution in [0.5, 0.6) is 0 Å². The lowest BCUT2D eigenvalue weighted by atomic mass is 9.87. The number of urea groups is 1. The Morgan fingerprint density at radius 3 is 2.64 bits per heavy atom. The van der Waals surface area contributed by atoms with Crippen LogP contribution in [-0.2, 0) is 0 Å². The van der Waals surface area contributed by atoms with E-state index in [-0.39, 0.29) is 18.7 Å². The molecule has 1 aliphatic carbocycles. The molecule has 2 amide bonds. The van der Waals surface area contributed by atoms with Crippen LogP contribution in [0.1, 0.15) is 58.3 Å². The summed E-state index contributed by atoms with van der Waals surface area (Å²) in [5.41, 5.74) is 0. The van der Waals surface area contributed by atoms with E-state index < -0.39 is 0 Å². The second-order valence-electron chi connectivity index (χ2n) is 6.89. The van der Waals surface area contributed by atoms with E-state index in [1.165, 1.54) is 32.2 Å². The smallest absolute Gasteiger partial charge is 0.315 e. The third-order valence-electron chi connectivity index (χ3n) is 5.35. The number of amides is 2. The van der Waals surface area contributed by atoms with Crippen LogP contribution in [0, 0.1) is 5.92 Å². The van der Waals surface area contributed by atoms with Crippen LogP contribution in [0.3, 0.4) is 0 Å². The highest BCUT2D eigenvalue weighted by Crippen LogP contribution is 2.23. The number of aliphatic hydroxyl groups excluding tert-OH is 1. The molecule has 0 radical (unpaired) electrons. The van der Waals surface area contributed by atoms with Gasteiger partial charge >= 0.3 is 6.03 Å². The van der Waals surface area contributed by atoms with Crippen LogP contribution in [0.15, 0.2) is 0 Å². The van der Waals surface area contributed by atoms with Gasteiger partial charge in [-0.2, -0.15) is 0 Å². The number of carbonyl (C=O) groups excluding carboxylic acids is 1. The maximum Gasteiger partial charge on any atom is 0.315 e. The maximum atomic E-state index is 12.0. The molecule has 5 nitrogen and oxygen atoms in total. The third kappa shape index (κ3) is 5.43. The Labute approximate surface area is 134 Å². The molecule has 1 heterocycles. The van der Waals surface area contributed by atoms with Gasteiger partial charge in [0, 0.05) is 31.8 Å². The summed E-state index contributed by atoms with van der Waals surface area (Å²) in [4.78, 5) is 14.5. The molecular formula is C17H33N3O2.